The lowest BCUT2D eigenvalue weighted by molar-refractivity contribution is 0.305. The van der Waals surface area contributed by atoms with Crippen LogP contribution in [0.2, 0.25) is 0 Å². The van der Waals surface area contributed by atoms with Gasteiger partial charge in [0.15, 0.2) is 23.1 Å². The second-order valence-electron chi connectivity index (χ2n) is 8.54. The number of methoxy groups -OCH3 is 2. The van der Waals surface area contributed by atoms with Gasteiger partial charge in [0.1, 0.15) is 11.9 Å². The molecule has 1 atom stereocenters. The minimum atomic E-state index is -0.963. The Hall–Kier alpha value is -3.15. The maximum atomic E-state index is 14.9. The number of aromatic nitrogens is 2. The van der Waals surface area contributed by atoms with Crippen LogP contribution in [0.15, 0.2) is 30.7 Å². The van der Waals surface area contributed by atoms with Crippen LogP contribution in [0.4, 0.5) is 8.78 Å². The van der Waals surface area contributed by atoms with E-state index in [0.29, 0.717) is 27.7 Å². The topological polar surface area (TPSA) is 109 Å². The molecular weight excluding hydrogens is 488 g/mol. The highest BCUT2D eigenvalue weighted by molar-refractivity contribution is 7.88. The van der Waals surface area contributed by atoms with Crippen LogP contribution in [-0.2, 0) is 17.8 Å². The van der Waals surface area contributed by atoms with E-state index in [4.69, 9.17) is 14.9 Å². The molecule has 1 aliphatic rings. The Morgan fingerprint density at radius 2 is 1.92 bits per heavy atom. The highest BCUT2D eigenvalue weighted by atomic mass is 32.2. The molecule has 192 valence electrons. The lowest BCUT2D eigenvalue weighted by Crippen LogP contribution is -2.43. The van der Waals surface area contributed by atoms with Gasteiger partial charge in [0, 0.05) is 89.9 Å². The molecule has 0 saturated carbocycles. The molecule has 0 spiro atoms. The Bertz CT molecular complexity index is 1240. The van der Waals surface area contributed by atoms with Crippen LogP contribution in [0.25, 0.3) is 16.6 Å². The number of ether oxygens (including phenoxy) is 2. The van der Waals surface area contributed by atoms with Gasteiger partial charge in [-0.1, -0.05) is 0 Å². The van der Waals surface area contributed by atoms with E-state index >= 15 is 0 Å². The summed E-state index contributed by atoms with van der Waals surface area (Å²) in [6.45, 7) is 1.49. The molecule has 0 aliphatic carbocycles. The van der Waals surface area contributed by atoms with E-state index in [1.54, 1.807) is 24.8 Å². The van der Waals surface area contributed by atoms with Gasteiger partial charge in [-0.2, -0.15) is 0 Å². The molecule has 4 rings (SSSR count). The number of aromatic amines is 1. The van der Waals surface area contributed by atoms with Gasteiger partial charge in [-0.05, 0) is 24.5 Å². The fourth-order valence-corrected chi connectivity index (χ4v) is 5.06. The number of nitrogens with one attached hydrogen (secondary N) is 3. The van der Waals surface area contributed by atoms with Crippen LogP contribution in [-0.4, -0.2) is 64.6 Å². The van der Waals surface area contributed by atoms with E-state index in [2.05, 4.69) is 15.3 Å². The third-order valence-electron chi connectivity index (χ3n) is 6.43. The van der Waals surface area contributed by atoms with Crippen molar-refractivity contribution in [1.82, 2.24) is 19.6 Å². The number of benzene rings is 1. The molecule has 36 heavy (non-hydrogen) atoms. The molecule has 1 saturated heterocycles. The number of fused-ring (bicyclic) bond motifs is 1. The highest BCUT2D eigenvalue weighted by Crippen LogP contribution is 2.34. The van der Waals surface area contributed by atoms with Crippen molar-refractivity contribution in [2.24, 2.45) is 0 Å². The fraction of sp³-hybridized carbons (Fsp3) is 0.360. The average molecular weight is 518 g/mol. The molecule has 0 bridgehead atoms. The number of pyridine rings is 1. The van der Waals surface area contributed by atoms with Gasteiger partial charge in [-0.15, -0.1) is 4.31 Å². The molecule has 1 aliphatic heterocycles. The first-order valence-corrected chi connectivity index (χ1v) is 13.0. The SMILES string of the molecule is COc1cc(OC)c(F)c(Cc2c[nH]c3ncc(/C(C=N)=C/NC4CCN([S+](C)[O-])CC4)cc23)c1F. The van der Waals surface area contributed by atoms with Crippen LogP contribution >= 0.6 is 0 Å². The Balaban J connectivity index is 1.59. The number of allylic oxidation sites excluding steroid dienone is 1. The summed E-state index contributed by atoms with van der Waals surface area (Å²) in [6.07, 6.45) is 9.69. The normalized spacial score (nSPS) is 16.2. The maximum Gasteiger partial charge on any atom is 0.171 e. The number of halogens is 2. The zero-order valence-corrected chi connectivity index (χ0v) is 21.2. The molecule has 0 amide bonds. The third-order valence-corrected chi connectivity index (χ3v) is 7.52. The first-order valence-electron chi connectivity index (χ1n) is 11.5. The van der Waals surface area contributed by atoms with Crippen LogP contribution in [0.1, 0.15) is 29.5 Å². The number of hydrogen-bond acceptors (Lipinski definition) is 7. The quantitative estimate of drug-likeness (QED) is 0.294. The number of piperidine rings is 1. The van der Waals surface area contributed by atoms with Crippen molar-refractivity contribution in [3.8, 4) is 11.5 Å². The average Bonchev–Trinajstić information content (AvgIpc) is 3.29. The van der Waals surface area contributed by atoms with Crippen molar-refractivity contribution < 1.29 is 22.8 Å². The summed E-state index contributed by atoms with van der Waals surface area (Å²) in [7, 11) is 2.63. The summed E-state index contributed by atoms with van der Waals surface area (Å²) in [5, 5.41) is 12.0. The smallest absolute Gasteiger partial charge is 0.171 e. The summed E-state index contributed by atoms with van der Waals surface area (Å²) < 4.78 is 53.6. The largest absolute Gasteiger partial charge is 0.598 e. The minimum absolute atomic E-state index is 0.0460. The van der Waals surface area contributed by atoms with Crippen LogP contribution in [0.5, 0.6) is 11.5 Å². The lowest BCUT2D eigenvalue weighted by atomic mass is 10.0. The summed E-state index contributed by atoms with van der Waals surface area (Å²) in [5.41, 5.74) is 2.37. The minimum Gasteiger partial charge on any atom is -0.598 e. The molecule has 3 N–H and O–H groups in total. The van der Waals surface area contributed by atoms with E-state index in [-0.39, 0.29) is 29.5 Å². The molecule has 2 aromatic heterocycles. The highest BCUT2D eigenvalue weighted by Gasteiger charge is 2.24. The first-order chi connectivity index (χ1) is 17.4. The van der Waals surface area contributed by atoms with Crippen molar-refractivity contribution in [1.29, 1.82) is 5.41 Å². The summed E-state index contributed by atoms with van der Waals surface area (Å²) in [5.74, 6) is -1.76. The van der Waals surface area contributed by atoms with Crippen LogP contribution in [0.3, 0.4) is 0 Å². The van der Waals surface area contributed by atoms with E-state index < -0.39 is 23.0 Å². The second kappa shape index (κ2) is 11.3. The van der Waals surface area contributed by atoms with Crippen molar-refractivity contribution in [2.75, 3.05) is 33.6 Å². The van der Waals surface area contributed by atoms with E-state index in [9.17, 15) is 13.3 Å². The van der Waals surface area contributed by atoms with Crippen LogP contribution < -0.4 is 14.8 Å². The monoisotopic (exact) mass is 517 g/mol. The summed E-state index contributed by atoms with van der Waals surface area (Å²) in [4.78, 5) is 7.49. The Labute approximate surface area is 211 Å². The lowest BCUT2D eigenvalue weighted by Gasteiger charge is -2.30. The third kappa shape index (κ3) is 5.32. The van der Waals surface area contributed by atoms with Crippen molar-refractivity contribution in [3.63, 3.8) is 0 Å². The van der Waals surface area contributed by atoms with Gasteiger partial charge in [-0.3, -0.25) is 0 Å². The summed E-state index contributed by atoms with van der Waals surface area (Å²) in [6, 6.07) is 3.25. The van der Waals surface area contributed by atoms with Gasteiger partial charge >= 0.3 is 0 Å². The van der Waals surface area contributed by atoms with Crippen LogP contribution in [0, 0.1) is 17.0 Å². The summed E-state index contributed by atoms with van der Waals surface area (Å²) >= 11 is -0.963. The van der Waals surface area contributed by atoms with Gasteiger partial charge in [-0.25, -0.2) is 13.8 Å². The number of H-pyrrole nitrogens is 1. The number of nitrogens with zero attached hydrogens (tertiary/aromatic N) is 2. The predicted molar refractivity (Wildman–Crippen MR) is 137 cm³/mol. The Kier molecular flexibility index (Phi) is 8.12. The van der Waals surface area contributed by atoms with E-state index in [0.717, 1.165) is 25.9 Å². The Morgan fingerprint density at radius 1 is 1.25 bits per heavy atom. The molecule has 0 radical (unpaired) electrons. The molecular formula is C25H29F2N5O3S. The van der Waals surface area contributed by atoms with E-state index in [1.165, 1.54) is 26.5 Å². The standard InChI is InChI=1S/C25H29F2N5O3S/c1-34-21-10-22(35-2)24(27)20(23(21)26)9-16-13-31-25-19(16)8-15(12-30-25)17(11-28)14-29-18-4-6-32(7-5-18)36(3)33/h8,10-14,18,28-29H,4-7,9H2,1-3H3,(H,30,31)/b17-14+,28-11?. The van der Waals surface area contributed by atoms with Crippen molar-refractivity contribution >= 4 is 34.2 Å². The van der Waals surface area contributed by atoms with Gasteiger partial charge in [0.2, 0.25) is 0 Å². The first kappa shape index (κ1) is 25.9. The fourth-order valence-electron chi connectivity index (χ4n) is 4.34. The molecule has 11 heteroatoms. The molecule has 1 aromatic carbocycles. The predicted octanol–water partition coefficient (Wildman–Crippen LogP) is 3.79. The molecule has 1 fully saturated rings. The molecule has 1 unspecified atom stereocenters. The molecule has 3 aromatic rings. The van der Waals surface area contributed by atoms with Crippen molar-refractivity contribution in [2.45, 2.75) is 25.3 Å². The second-order valence-corrected chi connectivity index (χ2v) is 9.90. The number of rotatable bonds is 9. The molecule has 8 nitrogen and oxygen atoms in total. The van der Waals surface area contributed by atoms with Gasteiger partial charge < -0.3 is 29.7 Å². The zero-order valence-electron chi connectivity index (χ0n) is 20.4. The van der Waals surface area contributed by atoms with Gasteiger partial charge in [0.05, 0.1) is 14.2 Å². The Morgan fingerprint density at radius 3 is 2.50 bits per heavy atom. The maximum absolute atomic E-state index is 14.9. The molecule has 3 heterocycles. The zero-order chi connectivity index (χ0) is 25.8. The number of hydrogen-bond donors (Lipinski definition) is 3. The van der Waals surface area contributed by atoms with Gasteiger partial charge in [0.25, 0.3) is 0 Å². The van der Waals surface area contributed by atoms with E-state index in [1.807, 2.05) is 10.4 Å². The van der Waals surface area contributed by atoms with Crippen molar-refractivity contribution in [3.05, 3.63) is 59.1 Å².